The lowest BCUT2D eigenvalue weighted by Crippen LogP contribution is -2.49. The minimum Gasteiger partial charge on any atom is -0.444 e. The fourth-order valence-electron chi connectivity index (χ4n) is 3.90. The summed E-state index contributed by atoms with van der Waals surface area (Å²) in [5.41, 5.74) is 0.199. The van der Waals surface area contributed by atoms with Gasteiger partial charge >= 0.3 is 6.09 Å². The smallest absolute Gasteiger partial charge is 0.410 e. The number of hydrogen-bond donors (Lipinski definition) is 0. The number of aromatic nitrogens is 2. The Labute approximate surface area is 143 Å². The van der Waals surface area contributed by atoms with Crippen LogP contribution in [0.1, 0.15) is 63.7 Å². The van der Waals surface area contributed by atoms with Crippen LogP contribution in [0.15, 0.2) is 12.4 Å². The molecule has 3 rings (SSSR count). The van der Waals surface area contributed by atoms with Crippen molar-refractivity contribution in [2.24, 2.45) is 5.92 Å². The van der Waals surface area contributed by atoms with E-state index in [1.807, 2.05) is 38.8 Å². The average Bonchev–Trinajstić information content (AvgIpc) is 3.07. The number of aryl methyl sites for hydroxylation is 1. The van der Waals surface area contributed by atoms with Crippen molar-refractivity contribution in [3.8, 4) is 0 Å². The summed E-state index contributed by atoms with van der Waals surface area (Å²) in [7, 11) is 0. The summed E-state index contributed by atoms with van der Waals surface area (Å²) >= 11 is 0. The number of carbonyl (C=O) groups excluding carboxylic acids is 2. The number of amides is 1. The van der Waals surface area contributed by atoms with E-state index in [1.54, 1.807) is 10.9 Å². The maximum absolute atomic E-state index is 12.8. The minimum absolute atomic E-state index is 0.0179. The molecule has 2 saturated heterocycles. The first-order valence-electron chi connectivity index (χ1n) is 8.86. The molecule has 2 unspecified atom stereocenters. The maximum Gasteiger partial charge on any atom is 0.410 e. The number of nitrogens with zero attached hydrogens (tertiary/aromatic N) is 3. The van der Waals surface area contributed by atoms with Crippen LogP contribution in [-0.4, -0.2) is 44.2 Å². The van der Waals surface area contributed by atoms with Gasteiger partial charge in [0.15, 0.2) is 5.78 Å². The fraction of sp³-hybridized carbons (Fsp3) is 0.722. The van der Waals surface area contributed by atoms with Gasteiger partial charge < -0.3 is 9.64 Å². The fourth-order valence-corrected chi connectivity index (χ4v) is 3.90. The Kier molecular flexibility index (Phi) is 4.40. The first-order valence-corrected chi connectivity index (χ1v) is 8.86. The molecule has 2 aliphatic heterocycles. The van der Waals surface area contributed by atoms with Crippen molar-refractivity contribution in [2.45, 2.75) is 77.6 Å². The largest absolute Gasteiger partial charge is 0.444 e. The standard InChI is InChI=1S/C18H27N3O3/c1-5-20-11-13(10-19-20)16(22)12-8-14-6-7-15(9-12)21(14)17(23)24-18(2,3)4/h10-12,14-15H,5-9H2,1-4H3. The predicted octanol–water partition coefficient (Wildman–Crippen LogP) is 3.26. The molecule has 0 radical (unpaired) electrons. The van der Waals surface area contributed by atoms with Crippen LogP contribution in [0.3, 0.4) is 0 Å². The summed E-state index contributed by atoms with van der Waals surface area (Å²) in [6, 6.07) is 0.238. The molecule has 0 N–H and O–H groups in total. The van der Waals surface area contributed by atoms with Gasteiger partial charge in [0.2, 0.25) is 0 Å². The van der Waals surface area contributed by atoms with E-state index >= 15 is 0 Å². The van der Waals surface area contributed by atoms with Crippen LogP contribution in [0.5, 0.6) is 0 Å². The highest BCUT2D eigenvalue weighted by atomic mass is 16.6. The molecule has 0 aromatic carbocycles. The summed E-state index contributed by atoms with van der Waals surface area (Å²) in [5.74, 6) is 0.145. The van der Waals surface area contributed by atoms with Crippen LogP contribution in [0.2, 0.25) is 0 Å². The highest BCUT2D eigenvalue weighted by Crippen LogP contribution is 2.40. The van der Waals surface area contributed by atoms with E-state index in [-0.39, 0.29) is 29.9 Å². The summed E-state index contributed by atoms with van der Waals surface area (Å²) in [5, 5.41) is 4.20. The van der Waals surface area contributed by atoms with Crippen molar-refractivity contribution < 1.29 is 14.3 Å². The quantitative estimate of drug-likeness (QED) is 0.796. The second-order valence-corrected chi connectivity index (χ2v) is 7.89. The molecule has 2 bridgehead atoms. The lowest BCUT2D eigenvalue weighted by atomic mass is 9.85. The molecule has 0 saturated carbocycles. The van der Waals surface area contributed by atoms with Gasteiger partial charge in [0.05, 0.1) is 11.8 Å². The topological polar surface area (TPSA) is 64.4 Å². The molecule has 0 aliphatic carbocycles. The normalized spacial score (nSPS) is 26.5. The van der Waals surface area contributed by atoms with Crippen LogP contribution < -0.4 is 0 Å². The Morgan fingerprint density at radius 1 is 1.25 bits per heavy atom. The second-order valence-electron chi connectivity index (χ2n) is 7.89. The van der Waals surface area contributed by atoms with Gasteiger partial charge in [-0.1, -0.05) is 0 Å². The van der Waals surface area contributed by atoms with E-state index in [9.17, 15) is 9.59 Å². The van der Waals surface area contributed by atoms with E-state index in [0.717, 1.165) is 32.2 Å². The third-order valence-corrected chi connectivity index (χ3v) is 4.95. The van der Waals surface area contributed by atoms with Crippen molar-refractivity contribution in [1.29, 1.82) is 0 Å². The number of piperidine rings is 1. The number of ketones is 1. The molecule has 2 atom stereocenters. The van der Waals surface area contributed by atoms with Gasteiger partial charge in [0.25, 0.3) is 0 Å². The maximum atomic E-state index is 12.8. The zero-order valence-electron chi connectivity index (χ0n) is 15.0. The molecule has 3 heterocycles. The zero-order chi connectivity index (χ0) is 17.5. The van der Waals surface area contributed by atoms with Crippen molar-refractivity contribution in [1.82, 2.24) is 14.7 Å². The van der Waals surface area contributed by atoms with Gasteiger partial charge in [-0.15, -0.1) is 0 Å². The van der Waals surface area contributed by atoms with Crippen molar-refractivity contribution in [3.63, 3.8) is 0 Å². The molecule has 132 valence electrons. The summed E-state index contributed by atoms with van der Waals surface area (Å²) in [6.45, 7) is 8.41. The molecule has 6 nitrogen and oxygen atoms in total. The van der Waals surface area contributed by atoms with E-state index < -0.39 is 5.60 Å². The molecule has 1 aromatic heterocycles. The van der Waals surface area contributed by atoms with Crippen molar-refractivity contribution in [3.05, 3.63) is 18.0 Å². The highest BCUT2D eigenvalue weighted by molar-refractivity contribution is 5.97. The molecular weight excluding hydrogens is 306 g/mol. The van der Waals surface area contributed by atoms with Crippen LogP contribution in [0.25, 0.3) is 0 Å². The zero-order valence-corrected chi connectivity index (χ0v) is 15.0. The predicted molar refractivity (Wildman–Crippen MR) is 89.8 cm³/mol. The molecule has 2 fully saturated rings. The van der Waals surface area contributed by atoms with E-state index in [2.05, 4.69) is 5.10 Å². The lowest BCUT2D eigenvalue weighted by Gasteiger charge is -2.38. The van der Waals surface area contributed by atoms with Crippen molar-refractivity contribution >= 4 is 11.9 Å². The van der Waals surface area contributed by atoms with Crippen LogP contribution in [-0.2, 0) is 11.3 Å². The Morgan fingerprint density at radius 2 is 1.88 bits per heavy atom. The first-order chi connectivity index (χ1) is 11.3. The van der Waals surface area contributed by atoms with Gasteiger partial charge in [-0.25, -0.2) is 4.79 Å². The molecule has 6 heteroatoms. The van der Waals surface area contributed by atoms with Gasteiger partial charge in [0.1, 0.15) is 5.60 Å². The van der Waals surface area contributed by atoms with Crippen LogP contribution in [0.4, 0.5) is 4.79 Å². The number of hydrogen-bond acceptors (Lipinski definition) is 4. The Hall–Kier alpha value is -1.85. The van der Waals surface area contributed by atoms with E-state index in [0.29, 0.717) is 5.56 Å². The molecule has 1 aromatic rings. The number of fused-ring (bicyclic) bond motifs is 2. The van der Waals surface area contributed by atoms with Crippen molar-refractivity contribution in [2.75, 3.05) is 0 Å². The van der Waals surface area contributed by atoms with Crippen LogP contribution >= 0.6 is 0 Å². The average molecular weight is 333 g/mol. The highest BCUT2D eigenvalue weighted by Gasteiger charge is 2.46. The molecule has 0 spiro atoms. The Bertz CT molecular complexity index is 618. The van der Waals surface area contributed by atoms with Gasteiger partial charge in [-0.2, -0.15) is 5.10 Å². The SMILES string of the molecule is CCn1cc(C(=O)C2CC3CCC(C2)N3C(=O)OC(C)(C)C)cn1. The van der Waals surface area contributed by atoms with E-state index in [1.165, 1.54) is 0 Å². The van der Waals surface area contributed by atoms with Gasteiger partial charge in [-0.3, -0.25) is 9.48 Å². The lowest BCUT2D eigenvalue weighted by molar-refractivity contribution is 0.00254. The monoisotopic (exact) mass is 333 g/mol. The third-order valence-electron chi connectivity index (χ3n) is 4.95. The number of Topliss-reactive ketones (excluding diaryl/α,β-unsaturated/α-hetero) is 1. The summed E-state index contributed by atoms with van der Waals surface area (Å²) < 4.78 is 7.32. The first kappa shape index (κ1) is 17.0. The van der Waals surface area contributed by atoms with Crippen LogP contribution in [0, 0.1) is 5.92 Å². The Morgan fingerprint density at radius 3 is 2.38 bits per heavy atom. The molecule has 1 amide bonds. The number of ether oxygens (including phenoxy) is 1. The summed E-state index contributed by atoms with van der Waals surface area (Å²) in [4.78, 5) is 27.1. The molecule has 24 heavy (non-hydrogen) atoms. The van der Waals surface area contributed by atoms with Gasteiger partial charge in [0, 0.05) is 30.7 Å². The minimum atomic E-state index is -0.488. The van der Waals surface area contributed by atoms with E-state index in [4.69, 9.17) is 4.74 Å². The second kappa shape index (κ2) is 6.22. The number of carbonyl (C=O) groups is 2. The Balaban J connectivity index is 1.68. The van der Waals surface area contributed by atoms with Gasteiger partial charge in [-0.05, 0) is 53.4 Å². The molecular formula is C18H27N3O3. The number of rotatable bonds is 3. The summed E-state index contributed by atoms with van der Waals surface area (Å²) in [6.07, 6.45) is 6.62. The molecule has 2 aliphatic rings. The third kappa shape index (κ3) is 3.32.